The summed E-state index contributed by atoms with van der Waals surface area (Å²) in [6, 6.07) is 27.0. The quantitative estimate of drug-likeness (QED) is 0.485. The van der Waals surface area contributed by atoms with Gasteiger partial charge in [-0.15, -0.1) is 0 Å². The van der Waals surface area contributed by atoms with Crippen LogP contribution in [0.5, 0.6) is 0 Å². The normalized spacial score (nSPS) is 10.4. The van der Waals surface area contributed by atoms with E-state index in [1.54, 1.807) is 12.3 Å². The van der Waals surface area contributed by atoms with Crippen molar-refractivity contribution in [3.8, 4) is 0 Å². The van der Waals surface area contributed by atoms with E-state index in [4.69, 9.17) is 0 Å². The summed E-state index contributed by atoms with van der Waals surface area (Å²) in [5, 5.41) is 2.67. The number of nitrogens with zero attached hydrogens (tertiary/aromatic N) is 3. The van der Waals surface area contributed by atoms with Crippen LogP contribution in [0.3, 0.4) is 0 Å². The predicted octanol–water partition coefficient (Wildman–Crippen LogP) is 5.21. The van der Waals surface area contributed by atoms with Crippen LogP contribution in [-0.4, -0.2) is 15.9 Å². The van der Waals surface area contributed by atoms with Gasteiger partial charge in [0.1, 0.15) is 11.5 Å². The van der Waals surface area contributed by atoms with E-state index in [0.29, 0.717) is 18.2 Å². The molecule has 0 aliphatic heterocycles. The number of hydrogen-bond acceptors (Lipinski definition) is 4. The zero-order chi connectivity index (χ0) is 20.8. The van der Waals surface area contributed by atoms with Crippen LogP contribution in [0, 0.1) is 5.82 Å². The van der Waals surface area contributed by atoms with Gasteiger partial charge in [-0.2, -0.15) is 0 Å². The van der Waals surface area contributed by atoms with Gasteiger partial charge < -0.3 is 10.2 Å². The Labute approximate surface area is 173 Å². The number of halogens is 1. The molecular weight excluding hydrogens is 379 g/mol. The van der Waals surface area contributed by atoms with Crippen molar-refractivity contribution >= 4 is 23.2 Å². The average molecular weight is 398 g/mol. The lowest BCUT2D eigenvalue weighted by molar-refractivity contribution is 0.102. The van der Waals surface area contributed by atoms with Gasteiger partial charge in [-0.05, 0) is 42.0 Å². The highest BCUT2D eigenvalue weighted by Crippen LogP contribution is 2.24. The molecular formula is C24H19FN4O. The molecule has 0 bridgehead atoms. The molecule has 1 amide bonds. The molecule has 0 saturated carbocycles. The monoisotopic (exact) mass is 398 g/mol. The van der Waals surface area contributed by atoms with E-state index in [9.17, 15) is 9.18 Å². The van der Waals surface area contributed by atoms with E-state index in [2.05, 4.69) is 15.3 Å². The third-order valence-electron chi connectivity index (χ3n) is 4.45. The second-order valence-corrected chi connectivity index (χ2v) is 6.61. The molecule has 0 aliphatic rings. The summed E-state index contributed by atoms with van der Waals surface area (Å²) in [7, 11) is 0. The lowest BCUT2D eigenvalue weighted by atomic mass is 10.2. The molecule has 0 radical (unpaired) electrons. The van der Waals surface area contributed by atoms with Crippen LogP contribution < -0.4 is 10.2 Å². The third kappa shape index (κ3) is 4.67. The van der Waals surface area contributed by atoms with Gasteiger partial charge in [0.25, 0.3) is 5.91 Å². The standard InChI is InChI=1S/C24H19FN4O/c25-19-10-7-11-20(16-19)27-23(30)22-14-15-26-24(28-22)29(21-12-5-2-6-13-21)17-18-8-3-1-4-9-18/h1-16H,17H2,(H,27,30). The van der Waals surface area contributed by atoms with Crippen LogP contribution in [0.1, 0.15) is 16.1 Å². The zero-order valence-corrected chi connectivity index (χ0v) is 16.1. The maximum atomic E-state index is 13.4. The number of para-hydroxylation sites is 1. The number of carbonyl (C=O) groups excluding carboxylic acids is 1. The van der Waals surface area contributed by atoms with Gasteiger partial charge in [-0.1, -0.05) is 54.6 Å². The van der Waals surface area contributed by atoms with Crippen LogP contribution in [0.25, 0.3) is 0 Å². The molecule has 5 nitrogen and oxygen atoms in total. The van der Waals surface area contributed by atoms with Crippen molar-refractivity contribution < 1.29 is 9.18 Å². The number of amides is 1. The molecule has 0 saturated heterocycles. The summed E-state index contributed by atoms with van der Waals surface area (Å²) in [4.78, 5) is 23.5. The molecule has 0 fully saturated rings. The summed E-state index contributed by atoms with van der Waals surface area (Å²) < 4.78 is 13.4. The summed E-state index contributed by atoms with van der Waals surface area (Å²) >= 11 is 0. The molecule has 4 aromatic rings. The minimum atomic E-state index is -0.433. The Hall–Kier alpha value is -4.06. The Kier molecular flexibility index (Phi) is 5.75. The van der Waals surface area contributed by atoms with Crippen LogP contribution in [-0.2, 0) is 6.54 Å². The summed E-state index contributed by atoms with van der Waals surface area (Å²) in [6.07, 6.45) is 1.55. The van der Waals surface area contributed by atoms with E-state index in [1.807, 2.05) is 65.6 Å². The van der Waals surface area contributed by atoms with Crippen molar-refractivity contribution in [1.82, 2.24) is 9.97 Å². The lowest BCUT2D eigenvalue weighted by Gasteiger charge is -2.23. The molecule has 1 aromatic heterocycles. The molecule has 3 aromatic carbocycles. The number of carbonyl (C=O) groups is 1. The molecule has 1 heterocycles. The fourth-order valence-corrected chi connectivity index (χ4v) is 3.02. The van der Waals surface area contributed by atoms with Crippen molar-refractivity contribution in [2.24, 2.45) is 0 Å². The fourth-order valence-electron chi connectivity index (χ4n) is 3.02. The first kappa shape index (κ1) is 19.3. The van der Waals surface area contributed by atoms with E-state index >= 15 is 0 Å². The Balaban J connectivity index is 1.64. The molecule has 30 heavy (non-hydrogen) atoms. The summed E-state index contributed by atoms with van der Waals surface area (Å²) in [5.41, 5.74) is 2.55. The van der Waals surface area contributed by atoms with Gasteiger partial charge in [0.15, 0.2) is 0 Å². The zero-order valence-electron chi connectivity index (χ0n) is 16.1. The minimum absolute atomic E-state index is 0.193. The molecule has 0 aliphatic carbocycles. The average Bonchev–Trinajstić information content (AvgIpc) is 2.79. The number of hydrogen-bond donors (Lipinski definition) is 1. The molecule has 4 rings (SSSR count). The fraction of sp³-hybridized carbons (Fsp3) is 0.0417. The topological polar surface area (TPSA) is 58.1 Å². The number of aromatic nitrogens is 2. The highest BCUT2D eigenvalue weighted by atomic mass is 19.1. The minimum Gasteiger partial charge on any atom is -0.321 e. The van der Waals surface area contributed by atoms with E-state index < -0.39 is 11.7 Å². The first-order chi connectivity index (χ1) is 14.7. The van der Waals surface area contributed by atoms with Crippen molar-refractivity contribution in [1.29, 1.82) is 0 Å². The second-order valence-electron chi connectivity index (χ2n) is 6.61. The Morgan fingerprint density at radius 2 is 1.63 bits per heavy atom. The van der Waals surface area contributed by atoms with Gasteiger partial charge >= 0.3 is 0 Å². The number of benzene rings is 3. The molecule has 1 N–H and O–H groups in total. The predicted molar refractivity (Wildman–Crippen MR) is 115 cm³/mol. The smallest absolute Gasteiger partial charge is 0.274 e. The van der Waals surface area contributed by atoms with Crippen molar-refractivity contribution in [2.75, 3.05) is 10.2 Å². The van der Waals surface area contributed by atoms with Gasteiger partial charge in [-0.25, -0.2) is 14.4 Å². The van der Waals surface area contributed by atoms with Crippen molar-refractivity contribution in [2.45, 2.75) is 6.54 Å². The largest absolute Gasteiger partial charge is 0.321 e. The molecule has 6 heteroatoms. The molecule has 148 valence electrons. The first-order valence-electron chi connectivity index (χ1n) is 9.45. The maximum absolute atomic E-state index is 13.4. The third-order valence-corrected chi connectivity index (χ3v) is 4.45. The van der Waals surface area contributed by atoms with Crippen LogP contribution >= 0.6 is 0 Å². The number of anilines is 3. The number of nitrogens with one attached hydrogen (secondary N) is 1. The Morgan fingerprint density at radius 3 is 2.37 bits per heavy atom. The van der Waals surface area contributed by atoms with Crippen LogP contribution in [0.15, 0.2) is 97.2 Å². The van der Waals surface area contributed by atoms with Crippen molar-refractivity contribution in [3.63, 3.8) is 0 Å². The Bertz CT molecular complexity index is 1140. The van der Waals surface area contributed by atoms with E-state index in [-0.39, 0.29) is 5.69 Å². The van der Waals surface area contributed by atoms with E-state index in [0.717, 1.165) is 11.3 Å². The SMILES string of the molecule is O=C(Nc1cccc(F)c1)c1ccnc(N(Cc2ccccc2)c2ccccc2)n1. The van der Waals surface area contributed by atoms with Crippen molar-refractivity contribution in [3.05, 3.63) is 114 Å². The molecule has 0 spiro atoms. The molecule has 0 atom stereocenters. The van der Waals surface area contributed by atoms with Gasteiger partial charge in [0, 0.05) is 17.6 Å². The number of rotatable bonds is 6. The first-order valence-corrected chi connectivity index (χ1v) is 9.45. The van der Waals surface area contributed by atoms with Gasteiger partial charge in [-0.3, -0.25) is 4.79 Å². The lowest BCUT2D eigenvalue weighted by Crippen LogP contribution is -2.21. The second kappa shape index (κ2) is 8.96. The highest BCUT2D eigenvalue weighted by molar-refractivity contribution is 6.03. The summed E-state index contributed by atoms with van der Waals surface area (Å²) in [6.45, 7) is 0.541. The van der Waals surface area contributed by atoms with Gasteiger partial charge in [0.05, 0.1) is 6.54 Å². The Morgan fingerprint density at radius 1 is 0.900 bits per heavy atom. The van der Waals surface area contributed by atoms with Gasteiger partial charge in [0.2, 0.25) is 5.95 Å². The van der Waals surface area contributed by atoms with Crippen LogP contribution in [0.2, 0.25) is 0 Å². The van der Waals surface area contributed by atoms with E-state index in [1.165, 1.54) is 24.3 Å². The van der Waals surface area contributed by atoms with Crippen LogP contribution in [0.4, 0.5) is 21.7 Å². The molecule has 0 unspecified atom stereocenters. The maximum Gasteiger partial charge on any atom is 0.274 e. The highest BCUT2D eigenvalue weighted by Gasteiger charge is 2.16. The summed E-state index contributed by atoms with van der Waals surface area (Å²) in [5.74, 6) is -0.455.